The number of carbonyl (C=O) groups is 1. The molecule has 2 aliphatic rings. The Bertz CT molecular complexity index is 1500. The molecule has 0 saturated carbocycles. The van der Waals surface area contributed by atoms with Gasteiger partial charge in [0.2, 0.25) is 5.91 Å². The van der Waals surface area contributed by atoms with Crippen LogP contribution in [-0.4, -0.2) is 49.5 Å². The molecule has 1 aromatic heterocycles. The number of amides is 1. The molecule has 5 rings (SSSR count). The molecule has 218 valence electrons. The summed E-state index contributed by atoms with van der Waals surface area (Å²) in [5.74, 6) is 0.671. The number of aromatic nitrogens is 2. The van der Waals surface area contributed by atoms with Crippen LogP contribution in [0.3, 0.4) is 0 Å². The van der Waals surface area contributed by atoms with Crippen LogP contribution in [0.25, 0.3) is 16.9 Å². The minimum atomic E-state index is -4.72. The molecule has 1 atom stereocenters. The molecule has 2 heterocycles. The SMILES string of the molecule is CCCNC(=O)C1CCN(c2ccc(C(F)(F)F)c(-n3nc(-c4cc(OC)cc(OC)c4)c4c(c3=O)CCC4)c2)C1. The summed E-state index contributed by atoms with van der Waals surface area (Å²) in [5, 5.41) is 7.46. The Morgan fingerprint density at radius 2 is 1.78 bits per heavy atom. The van der Waals surface area contributed by atoms with E-state index in [1.807, 2.05) is 11.8 Å². The second-order valence-electron chi connectivity index (χ2n) is 10.4. The van der Waals surface area contributed by atoms with Crippen molar-refractivity contribution in [3.8, 4) is 28.4 Å². The minimum Gasteiger partial charge on any atom is -0.497 e. The van der Waals surface area contributed by atoms with Gasteiger partial charge in [-0.15, -0.1) is 0 Å². The number of nitrogens with one attached hydrogen (secondary N) is 1. The molecule has 1 amide bonds. The number of rotatable bonds is 8. The molecule has 1 aliphatic carbocycles. The van der Waals surface area contributed by atoms with Crippen molar-refractivity contribution in [1.29, 1.82) is 0 Å². The zero-order chi connectivity index (χ0) is 29.3. The fraction of sp³-hybridized carbons (Fsp3) is 0.433. The quantitative estimate of drug-likeness (QED) is 0.420. The number of nitrogens with zero attached hydrogens (tertiary/aromatic N) is 3. The third-order valence-corrected chi connectivity index (χ3v) is 7.77. The number of ether oxygens (including phenoxy) is 2. The normalized spacial score (nSPS) is 16.5. The monoisotopic (exact) mass is 570 g/mol. The number of fused-ring (bicyclic) bond motifs is 1. The molecular weight excluding hydrogens is 537 g/mol. The van der Waals surface area contributed by atoms with Crippen LogP contribution in [0.15, 0.2) is 41.2 Å². The van der Waals surface area contributed by atoms with Crippen LogP contribution in [-0.2, 0) is 23.8 Å². The minimum absolute atomic E-state index is 0.0589. The van der Waals surface area contributed by atoms with Gasteiger partial charge in [-0.1, -0.05) is 6.92 Å². The standard InChI is InChI=1S/C30H33F3N4O4/c1-4-11-34-28(38)18-10-12-36(17-18)20-8-9-25(30(31,32)33)26(15-20)37-29(39)24-7-5-6-23(24)27(35-37)19-13-21(40-2)16-22(14-19)41-3/h8-9,13-16,18H,4-7,10-12,17H2,1-3H3,(H,34,38). The second kappa shape index (κ2) is 11.5. The third-order valence-electron chi connectivity index (χ3n) is 7.77. The molecule has 0 radical (unpaired) electrons. The topological polar surface area (TPSA) is 85.7 Å². The highest BCUT2D eigenvalue weighted by Gasteiger charge is 2.37. The van der Waals surface area contributed by atoms with Gasteiger partial charge in [-0.3, -0.25) is 9.59 Å². The zero-order valence-electron chi connectivity index (χ0n) is 23.3. The maximum Gasteiger partial charge on any atom is 0.418 e. The van der Waals surface area contributed by atoms with Crippen LogP contribution < -0.4 is 25.2 Å². The van der Waals surface area contributed by atoms with Crippen LogP contribution in [0.2, 0.25) is 0 Å². The Labute approximate surface area is 236 Å². The van der Waals surface area contributed by atoms with Crippen molar-refractivity contribution in [3.63, 3.8) is 0 Å². The van der Waals surface area contributed by atoms with Crippen molar-refractivity contribution in [2.75, 3.05) is 38.8 Å². The summed E-state index contributed by atoms with van der Waals surface area (Å²) in [6.45, 7) is 3.43. The lowest BCUT2D eigenvalue weighted by Gasteiger charge is -2.22. The molecule has 2 aromatic carbocycles. The van der Waals surface area contributed by atoms with Crippen LogP contribution in [0.1, 0.15) is 42.9 Å². The molecule has 11 heteroatoms. The molecule has 0 bridgehead atoms. The maximum atomic E-state index is 14.3. The predicted molar refractivity (Wildman–Crippen MR) is 149 cm³/mol. The summed E-state index contributed by atoms with van der Waals surface area (Å²) in [7, 11) is 3.02. The Morgan fingerprint density at radius 3 is 2.44 bits per heavy atom. The average Bonchev–Trinajstić information content (AvgIpc) is 3.66. The fourth-order valence-corrected chi connectivity index (χ4v) is 5.65. The lowest BCUT2D eigenvalue weighted by molar-refractivity contribution is -0.137. The molecule has 1 fully saturated rings. The highest BCUT2D eigenvalue weighted by atomic mass is 19.4. The van der Waals surface area contributed by atoms with E-state index >= 15 is 0 Å². The summed E-state index contributed by atoms with van der Waals surface area (Å²) in [4.78, 5) is 28.1. The molecule has 0 spiro atoms. The molecular formula is C30H33F3N4O4. The van der Waals surface area contributed by atoms with Crippen molar-refractivity contribution in [3.05, 3.63) is 63.4 Å². The van der Waals surface area contributed by atoms with Gasteiger partial charge in [-0.25, -0.2) is 0 Å². The van der Waals surface area contributed by atoms with Crippen LogP contribution in [0.5, 0.6) is 11.5 Å². The summed E-state index contributed by atoms with van der Waals surface area (Å²) < 4.78 is 54.6. The van der Waals surface area contributed by atoms with Gasteiger partial charge in [-0.05, 0) is 68.0 Å². The lowest BCUT2D eigenvalue weighted by atomic mass is 10.0. The molecule has 1 unspecified atom stereocenters. The van der Waals surface area contributed by atoms with E-state index < -0.39 is 17.3 Å². The molecule has 41 heavy (non-hydrogen) atoms. The Balaban J connectivity index is 1.63. The first kappa shape index (κ1) is 28.5. The van der Waals surface area contributed by atoms with Crippen molar-refractivity contribution >= 4 is 11.6 Å². The first-order chi connectivity index (χ1) is 19.6. The Kier molecular flexibility index (Phi) is 7.97. The lowest BCUT2D eigenvalue weighted by Crippen LogP contribution is -2.33. The number of benzene rings is 2. The van der Waals surface area contributed by atoms with Crippen molar-refractivity contribution in [2.24, 2.45) is 5.92 Å². The van der Waals surface area contributed by atoms with Crippen LogP contribution in [0, 0.1) is 5.92 Å². The Hall–Kier alpha value is -4.02. The van der Waals surface area contributed by atoms with Crippen LogP contribution in [0.4, 0.5) is 18.9 Å². The van der Waals surface area contributed by atoms with E-state index in [1.165, 1.54) is 26.4 Å². The number of halogens is 3. The van der Waals surface area contributed by atoms with E-state index in [0.717, 1.165) is 22.7 Å². The number of anilines is 1. The van der Waals surface area contributed by atoms with Gasteiger partial charge >= 0.3 is 6.18 Å². The number of hydrogen-bond donors (Lipinski definition) is 1. The smallest absolute Gasteiger partial charge is 0.418 e. The van der Waals surface area contributed by atoms with Gasteiger partial charge in [0.15, 0.2) is 0 Å². The van der Waals surface area contributed by atoms with E-state index in [2.05, 4.69) is 10.4 Å². The highest BCUT2D eigenvalue weighted by Crippen LogP contribution is 2.38. The van der Waals surface area contributed by atoms with Crippen molar-refractivity contribution < 1.29 is 27.4 Å². The first-order valence-corrected chi connectivity index (χ1v) is 13.8. The predicted octanol–water partition coefficient (Wildman–Crippen LogP) is 4.78. The first-order valence-electron chi connectivity index (χ1n) is 13.8. The van der Waals surface area contributed by atoms with Gasteiger partial charge in [0, 0.05) is 42.5 Å². The van der Waals surface area contributed by atoms with Gasteiger partial charge < -0.3 is 19.7 Å². The molecule has 1 saturated heterocycles. The number of alkyl halides is 3. The van der Waals surface area contributed by atoms with Crippen molar-refractivity contribution in [1.82, 2.24) is 15.1 Å². The van der Waals surface area contributed by atoms with E-state index in [4.69, 9.17) is 9.47 Å². The zero-order valence-corrected chi connectivity index (χ0v) is 23.3. The third kappa shape index (κ3) is 5.62. The van der Waals surface area contributed by atoms with Gasteiger partial charge in [0.1, 0.15) is 11.5 Å². The van der Waals surface area contributed by atoms with Crippen molar-refractivity contribution in [2.45, 2.75) is 45.2 Å². The molecule has 3 aromatic rings. The van der Waals surface area contributed by atoms with Gasteiger partial charge in [0.05, 0.1) is 37.1 Å². The van der Waals surface area contributed by atoms with E-state index in [9.17, 15) is 22.8 Å². The van der Waals surface area contributed by atoms with Gasteiger partial charge in [0.25, 0.3) is 5.56 Å². The summed E-state index contributed by atoms with van der Waals surface area (Å²) in [5.41, 5.74) is 0.828. The summed E-state index contributed by atoms with van der Waals surface area (Å²) in [6.07, 6.45) is -1.57. The Morgan fingerprint density at radius 1 is 1.07 bits per heavy atom. The number of carbonyl (C=O) groups excluding carboxylic acids is 1. The molecule has 1 N–H and O–H groups in total. The summed E-state index contributed by atoms with van der Waals surface area (Å²) in [6, 6.07) is 8.90. The number of hydrogen-bond acceptors (Lipinski definition) is 6. The molecule has 8 nitrogen and oxygen atoms in total. The van der Waals surface area contributed by atoms with E-state index in [-0.39, 0.29) is 17.5 Å². The van der Waals surface area contributed by atoms with E-state index in [0.29, 0.717) is 79.3 Å². The second-order valence-corrected chi connectivity index (χ2v) is 10.4. The highest BCUT2D eigenvalue weighted by molar-refractivity contribution is 5.80. The maximum absolute atomic E-state index is 14.3. The average molecular weight is 571 g/mol. The fourth-order valence-electron chi connectivity index (χ4n) is 5.65. The number of methoxy groups -OCH3 is 2. The summed E-state index contributed by atoms with van der Waals surface area (Å²) >= 11 is 0. The van der Waals surface area contributed by atoms with E-state index in [1.54, 1.807) is 18.2 Å². The van der Waals surface area contributed by atoms with Crippen LogP contribution >= 0.6 is 0 Å². The largest absolute Gasteiger partial charge is 0.497 e. The molecule has 1 aliphatic heterocycles. The van der Waals surface area contributed by atoms with Gasteiger partial charge in [-0.2, -0.15) is 23.0 Å².